The summed E-state index contributed by atoms with van der Waals surface area (Å²) < 4.78 is 42.0. The summed E-state index contributed by atoms with van der Waals surface area (Å²) in [5.74, 6) is -0.0963. The standard InChI is InChI=1S/C31H37N5O5S/c1-6-35-14-15-36(42(38,39)29-11-9-8-10-27(29)35)20-24-16-22(13-12-21(24)3)25(19-30(37)41-7-2)23-17-26-31(28(18-23)40-5)34(4)33-32-26/h8-13,16-18,25H,6-7,14-15,19-20H2,1-5H3. The van der Waals surface area contributed by atoms with Gasteiger partial charge in [-0.05, 0) is 67.3 Å². The highest BCUT2D eigenvalue weighted by molar-refractivity contribution is 7.89. The average Bonchev–Trinajstić information content (AvgIpc) is 3.32. The van der Waals surface area contributed by atoms with Crippen molar-refractivity contribution < 1.29 is 22.7 Å². The second-order valence-corrected chi connectivity index (χ2v) is 12.3. The SMILES string of the molecule is CCOC(=O)CC(c1ccc(C)c(CN2CCN(CC)c3ccccc3S2(=O)=O)c1)c1cc(OC)c2c(c1)nnn2C. The van der Waals surface area contributed by atoms with Gasteiger partial charge in [-0.25, -0.2) is 13.1 Å². The third kappa shape index (κ3) is 5.58. The number of hydrogen-bond acceptors (Lipinski definition) is 8. The topological polar surface area (TPSA) is 107 Å². The number of methoxy groups -OCH3 is 1. The zero-order valence-electron chi connectivity index (χ0n) is 24.7. The third-order valence-corrected chi connectivity index (χ3v) is 9.83. The van der Waals surface area contributed by atoms with Crippen molar-refractivity contribution in [3.63, 3.8) is 0 Å². The second kappa shape index (κ2) is 12.1. The van der Waals surface area contributed by atoms with E-state index in [0.717, 1.165) is 33.5 Å². The number of fused-ring (bicyclic) bond motifs is 2. The molecule has 1 unspecified atom stereocenters. The van der Waals surface area contributed by atoms with Crippen molar-refractivity contribution in [1.29, 1.82) is 0 Å². The lowest BCUT2D eigenvalue weighted by Crippen LogP contribution is -2.34. The molecule has 0 fully saturated rings. The molecule has 4 aromatic rings. The first kappa shape index (κ1) is 29.5. The number of aromatic nitrogens is 3. The Morgan fingerprint density at radius 1 is 1.05 bits per heavy atom. The molecule has 5 rings (SSSR count). The van der Waals surface area contributed by atoms with Crippen molar-refractivity contribution in [2.24, 2.45) is 7.05 Å². The average molecular weight is 592 g/mol. The zero-order valence-corrected chi connectivity index (χ0v) is 25.5. The fourth-order valence-corrected chi connectivity index (χ4v) is 7.28. The monoisotopic (exact) mass is 591 g/mol. The first-order valence-corrected chi connectivity index (χ1v) is 15.6. The minimum atomic E-state index is -3.74. The second-order valence-electron chi connectivity index (χ2n) is 10.4. The molecule has 0 N–H and O–H groups in total. The van der Waals surface area contributed by atoms with Gasteiger partial charge in [0.25, 0.3) is 0 Å². The third-order valence-electron chi connectivity index (χ3n) is 7.93. The highest BCUT2D eigenvalue weighted by Crippen LogP contribution is 2.37. The van der Waals surface area contributed by atoms with E-state index in [0.29, 0.717) is 35.8 Å². The minimum Gasteiger partial charge on any atom is -0.494 e. The summed E-state index contributed by atoms with van der Waals surface area (Å²) in [6.45, 7) is 7.95. The van der Waals surface area contributed by atoms with Gasteiger partial charge in [-0.2, -0.15) is 4.31 Å². The van der Waals surface area contributed by atoms with Crippen LogP contribution in [0.3, 0.4) is 0 Å². The number of rotatable bonds is 9. The maximum absolute atomic E-state index is 13.9. The number of carbonyl (C=O) groups is 1. The number of benzene rings is 3. The van der Waals surface area contributed by atoms with Crippen LogP contribution in [-0.4, -0.2) is 67.0 Å². The number of hydrogen-bond donors (Lipinski definition) is 0. The molecule has 1 aliphatic rings. The van der Waals surface area contributed by atoms with Gasteiger partial charge in [-0.3, -0.25) is 4.79 Å². The van der Waals surface area contributed by atoms with E-state index in [1.165, 1.54) is 0 Å². The van der Waals surface area contributed by atoms with Crippen LogP contribution in [0.25, 0.3) is 11.0 Å². The fourth-order valence-electron chi connectivity index (χ4n) is 5.66. The Labute approximate surface area is 246 Å². The lowest BCUT2D eigenvalue weighted by Gasteiger charge is -2.24. The Morgan fingerprint density at radius 2 is 1.83 bits per heavy atom. The molecule has 3 aromatic carbocycles. The van der Waals surface area contributed by atoms with Gasteiger partial charge in [0.05, 0.1) is 25.8 Å². The van der Waals surface area contributed by atoms with Crippen LogP contribution in [0.15, 0.2) is 59.5 Å². The van der Waals surface area contributed by atoms with Crippen LogP contribution in [0.4, 0.5) is 5.69 Å². The van der Waals surface area contributed by atoms with Gasteiger partial charge in [0.2, 0.25) is 10.0 Å². The van der Waals surface area contributed by atoms with E-state index in [2.05, 4.69) is 15.2 Å². The summed E-state index contributed by atoms with van der Waals surface area (Å²) in [7, 11) is -0.343. The number of esters is 1. The number of nitrogens with zero attached hydrogens (tertiary/aromatic N) is 5. The minimum absolute atomic E-state index is 0.103. The molecule has 0 saturated heterocycles. The Kier molecular flexibility index (Phi) is 8.51. The largest absolute Gasteiger partial charge is 0.494 e. The Bertz CT molecular complexity index is 1720. The van der Waals surface area contributed by atoms with Crippen LogP contribution >= 0.6 is 0 Å². The van der Waals surface area contributed by atoms with E-state index >= 15 is 0 Å². The quantitative estimate of drug-likeness (QED) is 0.264. The molecule has 0 saturated carbocycles. The summed E-state index contributed by atoms with van der Waals surface area (Å²) in [5, 5.41) is 8.42. The number of ether oxygens (including phenoxy) is 2. The molecule has 1 aliphatic heterocycles. The summed E-state index contributed by atoms with van der Waals surface area (Å²) in [5.41, 5.74) is 5.69. The van der Waals surface area contributed by atoms with Crippen LogP contribution in [0.2, 0.25) is 0 Å². The molecule has 0 radical (unpaired) electrons. The summed E-state index contributed by atoms with van der Waals surface area (Å²) in [6, 6.07) is 17.0. The summed E-state index contributed by atoms with van der Waals surface area (Å²) in [6.07, 6.45) is 0.103. The molecule has 0 aliphatic carbocycles. The van der Waals surface area contributed by atoms with Crippen LogP contribution in [0.1, 0.15) is 48.4 Å². The van der Waals surface area contributed by atoms with Crippen molar-refractivity contribution >= 4 is 32.7 Å². The van der Waals surface area contributed by atoms with E-state index in [1.807, 2.05) is 56.3 Å². The summed E-state index contributed by atoms with van der Waals surface area (Å²) in [4.78, 5) is 15.2. The van der Waals surface area contributed by atoms with Crippen molar-refractivity contribution in [3.8, 4) is 5.75 Å². The molecule has 1 atom stereocenters. The molecule has 0 spiro atoms. The predicted octanol–water partition coefficient (Wildman–Crippen LogP) is 4.40. The van der Waals surface area contributed by atoms with Crippen molar-refractivity contribution in [1.82, 2.24) is 19.3 Å². The highest BCUT2D eigenvalue weighted by Gasteiger charge is 2.32. The van der Waals surface area contributed by atoms with Gasteiger partial charge in [0, 0.05) is 39.1 Å². The molecule has 1 aromatic heterocycles. The molecule has 2 heterocycles. The number of carbonyl (C=O) groups excluding carboxylic acids is 1. The van der Waals surface area contributed by atoms with Crippen LogP contribution < -0.4 is 9.64 Å². The van der Waals surface area contributed by atoms with Crippen LogP contribution in [-0.2, 0) is 33.1 Å². The van der Waals surface area contributed by atoms with Gasteiger partial charge in [-0.15, -0.1) is 5.10 Å². The number of likely N-dealkylation sites (N-methyl/N-ethyl adjacent to an activating group) is 1. The summed E-state index contributed by atoms with van der Waals surface area (Å²) >= 11 is 0. The van der Waals surface area contributed by atoms with Gasteiger partial charge in [0.1, 0.15) is 21.7 Å². The van der Waals surface area contributed by atoms with Gasteiger partial charge >= 0.3 is 5.97 Å². The van der Waals surface area contributed by atoms with E-state index in [4.69, 9.17) is 9.47 Å². The normalized spacial score (nSPS) is 15.7. The van der Waals surface area contributed by atoms with Crippen LogP contribution in [0.5, 0.6) is 5.75 Å². The Balaban J connectivity index is 1.55. The number of para-hydroxylation sites is 1. The maximum Gasteiger partial charge on any atom is 0.306 e. The fraction of sp³-hybridized carbons (Fsp3) is 0.387. The molecule has 0 bridgehead atoms. The van der Waals surface area contributed by atoms with Crippen molar-refractivity contribution in [3.05, 3.63) is 76.9 Å². The molecule has 10 nitrogen and oxygen atoms in total. The van der Waals surface area contributed by atoms with E-state index in [-0.39, 0.29) is 31.5 Å². The maximum atomic E-state index is 13.9. The Hall–Kier alpha value is -3.96. The lowest BCUT2D eigenvalue weighted by atomic mass is 9.86. The molecule has 222 valence electrons. The van der Waals surface area contributed by atoms with E-state index < -0.39 is 10.0 Å². The van der Waals surface area contributed by atoms with Crippen molar-refractivity contribution in [2.45, 2.75) is 44.6 Å². The number of aryl methyl sites for hydroxylation is 2. The van der Waals surface area contributed by atoms with Gasteiger partial charge < -0.3 is 14.4 Å². The first-order valence-electron chi connectivity index (χ1n) is 14.1. The molecular formula is C31H37N5O5S. The van der Waals surface area contributed by atoms with Crippen LogP contribution in [0, 0.1) is 6.92 Å². The van der Waals surface area contributed by atoms with Gasteiger partial charge in [-0.1, -0.05) is 35.5 Å². The first-order chi connectivity index (χ1) is 20.2. The number of sulfonamides is 1. The lowest BCUT2D eigenvalue weighted by molar-refractivity contribution is -0.143. The van der Waals surface area contributed by atoms with Gasteiger partial charge in [0.15, 0.2) is 0 Å². The molecule has 42 heavy (non-hydrogen) atoms. The van der Waals surface area contributed by atoms with Crippen molar-refractivity contribution in [2.75, 3.05) is 38.3 Å². The van der Waals surface area contributed by atoms with E-state index in [9.17, 15) is 13.2 Å². The molecular weight excluding hydrogens is 554 g/mol. The van der Waals surface area contributed by atoms with E-state index in [1.54, 1.807) is 42.2 Å². The predicted molar refractivity (Wildman–Crippen MR) is 161 cm³/mol. The Morgan fingerprint density at radius 3 is 2.57 bits per heavy atom. The highest BCUT2D eigenvalue weighted by atomic mass is 32.2. The smallest absolute Gasteiger partial charge is 0.306 e. The zero-order chi connectivity index (χ0) is 30.0. The molecule has 11 heteroatoms. The molecule has 0 amide bonds. The number of anilines is 1.